The molecule has 2 aromatic heterocycles. The number of nitrogens with zero attached hydrogens (tertiary/aromatic N) is 5. The van der Waals surface area contributed by atoms with E-state index in [2.05, 4.69) is 43.4 Å². The summed E-state index contributed by atoms with van der Waals surface area (Å²) in [5, 5.41) is 10.3. The van der Waals surface area contributed by atoms with Crippen molar-refractivity contribution >= 4 is 11.8 Å². The molecule has 1 saturated heterocycles. The van der Waals surface area contributed by atoms with Crippen molar-refractivity contribution in [3.63, 3.8) is 0 Å². The van der Waals surface area contributed by atoms with Crippen molar-refractivity contribution in [1.82, 2.24) is 24.6 Å². The molecule has 6 heteroatoms. The highest BCUT2D eigenvalue weighted by molar-refractivity contribution is 7.99. The molecule has 0 radical (unpaired) electrons. The van der Waals surface area contributed by atoms with Crippen LogP contribution < -0.4 is 0 Å². The van der Waals surface area contributed by atoms with Crippen LogP contribution in [0.25, 0.3) is 0 Å². The maximum Gasteiger partial charge on any atom is 0.191 e. The summed E-state index contributed by atoms with van der Waals surface area (Å²) in [6.07, 6.45) is 13.1. The normalized spacial score (nSPS) is 19.4. The van der Waals surface area contributed by atoms with Gasteiger partial charge in [0.25, 0.3) is 0 Å². The largest absolute Gasteiger partial charge is 0.302 e. The molecule has 0 bridgehead atoms. The fourth-order valence-corrected chi connectivity index (χ4v) is 5.77. The molecule has 0 spiro atoms. The molecule has 0 aromatic carbocycles. The number of allylic oxidation sites excluding steroid dienone is 1. The molecule has 29 heavy (non-hydrogen) atoms. The average Bonchev–Trinajstić information content (AvgIpc) is 3.17. The molecule has 0 unspecified atom stereocenters. The van der Waals surface area contributed by atoms with Crippen LogP contribution in [-0.2, 0) is 13.1 Å². The highest BCUT2D eigenvalue weighted by Crippen LogP contribution is 2.33. The SMILES string of the molecule is C=CCn1c(SCC2CCCCC2)nnc1C1CCN(Cc2ccccn2)CC1. The Balaban J connectivity index is 1.35. The lowest BCUT2D eigenvalue weighted by molar-refractivity contribution is 0.198. The van der Waals surface area contributed by atoms with Crippen molar-refractivity contribution in [2.45, 2.75) is 69.1 Å². The lowest BCUT2D eigenvalue weighted by Crippen LogP contribution is -2.33. The van der Waals surface area contributed by atoms with Gasteiger partial charge in [-0.3, -0.25) is 9.88 Å². The topological polar surface area (TPSA) is 46.8 Å². The molecule has 2 aromatic rings. The van der Waals surface area contributed by atoms with Crippen molar-refractivity contribution < 1.29 is 0 Å². The summed E-state index contributed by atoms with van der Waals surface area (Å²) >= 11 is 1.90. The van der Waals surface area contributed by atoms with E-state index in [1.165, 1.54) is 37.9 Å². The highest BCUT2D eigenvalue weighted by Gasteiger charge is 2.26. The summed E-state index contributed by atoms with van der Waals surface area (Å²) in [5.74, 6) is 3.68. The maximum atomic E-state index is 4.64. The van der Waals surface area contributed by atoms with Gasteiger partial charge in [0.1, 0.15) is 5.82 Å². The van der Waals surface area contributed by atoms with Gasteiger partial charge in [0, 0.05) is 31.0 Å². The smallest absolute Gasteiger partial charge is 0.191 e. The Morgan fingerprint density at radius 1 is 1.07 bits per heavy atom. The number of rotatable bonds is 8. The summed E-state index contributed by atoms with van der Waals surface area (Å²) < 4.78 is 2.32. The second-order valence-corrected chi connectivity index (χ2v) is 9.41. The lowest BCUT2D eigenvalue weighted by atomic mass is 9.91. The molecule has 1 aliphatic heterocycles. The predicted octanol–water partition coefficient (Wildman–Crippen LogP) is 4.91. The van der Waals surface area contributed by atoms with E-state index in [9.17, 15) is 0 Å². The molecule has 1 aliphatic carbocycles. The molecule has 2 fully saturated rings. The zero-order valence-electron chi connectivity index (χ0n) is 17.4. The van der Waals surface area contributed by atoms with E-state index < -0.39 is 0 Å². The van der Waals surface area contributed by atoms with Crippen LogP contribution in [0.1, 0.15) is 62.4 Å². The van der Waals surface area contributed by atoms with Gasteiger partial charge in [0.2, 0.25) is 0 Å². The molecular weight excluding hydrogens is 378 g/mol. The van der Waals surface area contributed by atoms with Crippen LogP contribution in [0.5, 0.6) is 0 Å². The van der Waals surface area contributed by atoms with Crippen LogP contribution in [-0.4, -0.2) is 43.5 Å². The van der Waals surface area contributed by atoms with E-state index in [1.807, 2.05) is 30.1 Å². The third-order valence-corrected chi connectivity index (χ3v) is 7.49. The fraction of sp³-hybridized carbons (Fsp3) is 0.609. The van der Waals surface area contributed by atoms with Gasteiger partial charge < -0.3 is 4.57 Å². The number of hydrogen-bond donors (Lipinski definition) is 0. The maximum absolute atomic E-state index is 4.64. The molecule has 0 atom stereocenters. The molecule has 3 heterocycles. The van der Waals surface area contributed by atoms with Crippen molar-refractivity contribution in [2.24, 2.45) is 5.92 Å². The first-order valence-electron chi connectivity index (χ1n) is 11.1. The van der Waals surface area contributed by atoms with Gasteiger partial charge in [-0.05, 0) is 56.8 Å². The Bertz CT molecular complexity index is 761. The van der Waals surface area contributed by atoms with E-state index in [0.717, 1.165) is 61.6 Å². The van der Waals surface area contributed by atoms with Gasteiger partial charge in [-0.2, -0.15) is 0 Å². The number of hydrogen-bond acceptors (Lipinski definition) is 5. The van der Waals surface area contributed by atoms with E-state index >= 15 is 0 Å². The second-order valence-electron chi connectivity index (χ2n) is 8.43. The summed E-state index contributed by atoms with van der Waals surface area (Å²) in [6, 6.07) is 6.16. The third kappa shape index (κ3) is 5.48. The Morgan fingerprint density at radius 3 is 2.62 bits per heavy atom. The lowest BCUT2D eigenvalue weighted by Gasteiger charge is -2.31. The molecular formula is C23H33N5S. The van der Waals surface area contributed by atoms with Crippen molar-refractivity contribution in [3.8, 4) is 0 Å². The van der Waals surface area contributed by atoms with Crippen LogP contribution in [0.3, 0.4) is 0 Å². The number of pyridine rings is 1. The highest BCUT2D eigenvalue weighted by atomic mass is 32.2. The fourth-order valence-electron chi connectivity index (χ4n) is 4.63. The Labute approximate surface area is 179 Å². The summed E-state index contributed by atoms with van der Waals surface area (Å²) in [5.41, 5.74) is 1.15. The van der Waals surface area contributed by atoms with Gasteiger partial charge in [0.05, 0.1) is 5.69 Å². The van der Waals surface area contributed by atoms with Crippen LogP contribution >= 0.6 is 11.8 Å². The van der Waals surface area contributed by atoms with Crippen LogP contribution in [0.4, 0.5) is 0 Å². The van der Waals surface area contributed by atoms with Gasteiger partial charge in [-0.1, -0.05) is 43.2 Å². The summed E-state index contributed by atoms with van der Waals surface area (Å²) in [6.45, 7) is 7.90. The van der Waals surface area contributed by atoms with Crippen LogP contribution in [0.2, 0.25) is 0 Å². The average molecular weight is 412 g/mol. The first kappa shape index (κ1) is 20.6. The molecule has 0 amide bonds. The van der Waals surface area contributed by atoms with E-state index in [0.29, 0.717) is 5.92 Å². The summed E-state index contributed by atoms with van der Waals surface area (Å²) in [4.78, 5) is 6.97. The zero-order chi connectivity index (χ0) is 19.9. The standard InChI is InChI=1S/C23H33N5S/c1-2-14-28-22(25-26-23(28)29-18-19-8-4-3-5-9-19)20-11-15-27(16-12-20)17-21-10-6-7-13-24-21/h2,6-7,10,13,19-20H,1,3-5,8-9,11-12,14-18H2. The molecule has 156 valence electrons. The van der Waals surface area contributed by atoms with Crippen LogP contribution in [0.15, 0.2) is 42.2 Å². The van der Waals surface area contributed by atoms with E-state index in [4.69, 9.17) is 0 Å². The van der Waals surface area contributed by atoms with Gasteiger partial charge >= 0.3 is 0 Å². The molecule has 4 rings (SSSR count). The first-order valence-corrected chi connectivity index (χ1v) is 12.1. The second kappa shape index (κ2) is 10.4. The number of aromatic nitrogens is 4. The minimum absolute atomic E-state index is 0.492. The predicted molar refractivity (Wildman–Crippen MR) is 119 cm³/mol. The number of likely N-dealkylation sites (tertiary alicyclic amines) is 1. The minimum atomic E-state index is 0.492. The van der Waals surface area contributed by atoms with Crippen molar-refractivity contribution in [3.05, 3.63) is 48.6 Å². The molecule has 0 N–H and O–H groups in total. The summed E-state index contributed by atoms with van der Waals surface area (Å²) in [7, 11) is 0. The quantitative estimate of drug-likeness (QED) is 0.456. The minimum Gasteiger partial charge on any atom is -0.302 e. The van der Waals surface area contributed by atoms with Gasteiger partial charge in [0.15, 0.2) is 5.16 Å². The van der Waals surface area contributed by atoms with Crippen molar-refractivity contribution in [1.29, 1.82) is 0 Å². The van der Waals surface area contributed by atoms with Gasteiger partial charge in [-0.15, -0.1) is 16.8 Å². The number of thioether (sulfide) groups is 1. The number of piperidine rings is 1. The van der Waals surface area contributed by atoms with E-state index in [-0.39, 0.29) is 0 Å². The monoisotopic (exact) mass is 411 g/mol. The van der Waals surface area contributed by atoms with E-state index in [1.54, 1.807) is 0 Å². The van der Waals surface area contributed by atoms with Gasteiger partial charge in [-0.25, -0.2) is 0 Å². The van der Waals surface area contributed by atoms with Crippen LogP contribution in [0, 0.1) is 5.92 Å². The Morgan fingerprint density at radius 2 is 1.90 bits per heavy atom. The first-order chi connectivity index (χ1) is 14.3. The Hall–Kier alpha value is -1.66. The van der Waals surface area contributed by atoms with Crippen molar-refractivity contribution in [2.75, 3.05) is 18.8 Å². The molecule has 2 aliphatic rings. The third-order valence-electron chi connectivity index (χ3n) is 6.29. The zero-order valence-corrected chi connectivity index (χ0v) is 18.2. The Kier molecular flexibility index (Phi) is 7.39. The molecule has 1 saturated carbocycles. The molecule has 5 nitrogen and oxygen atoms in total.